The van der Waals surface area contributed by atoms with Gasteiger partial charge in [-0.15, -0.1) is 0 Å². The number of nitrogens with one attached hydrogen (secondary N) is 1. The summed E-state index contributed by atoms with van der Waals surface area (Å²) < 4.78 is 0. The molecule has 0 saturated carbocycles. The number of carbonyl (C=O) groups is 2. The van der Waals surface area contributed by atoms with Gasteiger partial charge >= 0.3 is 0 Å². The van der Waals surface area contributed by atoms with Crippen LogP contribution in [0.1, 0.15) is 40.5 Å². The molecule has 28 heavy (non-hydrogen) atoms. The van der Waals surface area contributed by atoms with Gasteiger partial charge in [0.15, 0.2) is 0 Å². The molecule has 5 heteroatoms. The molecule has 2 aromatic carbocycles. The molecule has 5 nitrogen and oxygen atoms in total. The number of fused-ring (bicyclic) bond motifs is 1. The molecule has 1 aliphatic rings. The fourth-order valence-electron chi connectivity index (χ4n) is 3.75. The first-order valence-corrected chi connectivity index (χ1v) is 9.66. The average molecular weight is 373 g/mol. The lowest BCUT2D eigenvalue weighted by Gasteiger charge is -2.31. The van der Waals surface area contributed by atoms with Crippen LogP contribution in [0.25, 0.3) is 10.9 Å². The number of hydrogen-bond donors (Lipinski definition) is 1. The van der Waals surface area contributed by atoms with Gasteiger partial charge in [0.2, 0.25) is 0 Å². The molecular weight excluding hydrogens is 350 g/mol. The van der Waals surface area contributed by atoms with E-state index in [9.17, 15) is 9.59 Å². The Morgan fingerprint density at radius 3 is 2.71 bits per heavy atom. The summed E-state index contributed by atoms with van der Waals surface area (Å²) in [5, 5.41) is 3.89. The molecule has 0 bridgehead atoms. The van der Waals surface area contributed by atoms with Crippen molar-refractivity contribution in [2.24, 2.45) is 5.92 Å². The molecule has 1 fully saturated rings. The van der Waals surface area contributed by atoms with Crippen LogP contribution in [0.3, 0.4) is 0 Å². The second kappa shape index (κ2) is 7.80. The van der Waals surface area contributed by atoms with Crippen molar-refractivity contribution in [1.29, 1.82) is 0 Å². The quantitative estimate of drug-likeness (QED) is 0.742. The normalized spacial score (nSPS) is 16.8. The van der Waals surface area contributed by atoms with Crippen molar-refractivity contribution >= 4 is 28.4 Å². The molecule has 0 radical (unpaired) electrons. The largest absolute Gasteiger partial charge is 0.338 e. The van der Waals surface area contributed by atoms with Crippen molar-refractivity contribution in [2.45, 2.75) is 19.8 Å². The molecule has 1 N–H and O–H groups in total. The minimum absolute atomic E-state index is 0.00646. The highest BCUT2D eigenvalue weighted by Gasteiger charge is 2.22. The van der Waals surface area contributed by atoms with E-state index in [1.807, 2.05) is 35.2 Å². The summed E-state index contributed by atoms with van der Waals surface area (Å²) in [6.45, 7) is 3.72. The molecule has 3 aromatic rings. The van der Waals surface area contributed by atoms with Crippen molar-refractivity contribution in [3.05, 3.63) is 71.9 Å². The summed E-state index contributed by atoms with van der Waals surface area (Å²) in [6, 6.07) is 16.4. The van der Waals surface area contributed by atoms with Crippen LogP contribution in [0.2, 0.25) is 0 Å². The molecule has 2 amide bonds. The molecule has 142 valence electrons. The van der Waals surface area contributed by atoms with Crippen LogP contribution in [-0.2, 0) is 0 Å². The number of piperidine rings is 1. The summed E-state index contributed by atoms with van der Waals surface area (Å²) in [7, 11) is 0. The predicted molar refractivity (Wildman–Crippen MR) is 110 cm³/mol. The van der Waals surface area contributed by atoms with Crippen molar-refractivity contribution in [2.75, 3.05) is 18.4 Å². The molecule has 2 heterocycles. The van der Waals surface area contributed by atoms with E-state index in [-0.39, 0.29) is 11.8 Å². The molecule has 4 rings (SSSR count). The molecule has 0 spiro atoms. The molecular formula is C23H23N3O2. The van der Waals surface area contributed by atoms with Gasteiger partial charge < -0.3 is 10.2 Å². The Kier molecular flexibility index (Phi) is 5.06. The molecule has 0 aliphatic carbocycles. The van der Waals surface area contributed by atoms with Gasteiger partial charge in [-0.05, 0) is 49.1 Å². The van der Waals surface area contributed by atoms with Crippen LogP contribution in [0.5, 0.6) is 0 Å². The Hall–Kier alpha value is -3.21. The summed E-state index contributed by atoms with van der Waals surface area (Å²) in [5.41, 5.74) is 2.42. The fraction of sp³-hybridized carbons (Fsp3) is 0.261. The molecule has 1 saturated heterocycles. The number of aromatic nitrogens is 1. The van der Waals surface area contributed by atoms with Crippen molar-refractivity contribution in [3.8, 4) is 0 Å². The van der Waals surface area contributed by atoms with Gasteiger partial charge in [0, 0.05) is 35.8 Å². The number of anilines is 1. The number of hydrogen-bond acceptors (Lipinski definition) is 3. The maximum atomic E-state index is 12.8. The first-order chi connectivity index (χ1) is 13.6. The molecule has 1 unspecified atom stereocenters. The number of nitrogens with zero attached hydrogens (tertiary/aromatic N) is 2. The third-order valence-electron chi connectivity index (χ3n) is 5.20. The van der Waals surface area contributed by atoms with Crippen LogP contribution in [0.4, 0.5) is 5.69 Å². The maximum Gasteiger partial charge on any atom is 0.255 e. The average Bonchev–Trinajstić information content (AvgIpc) is 2.73. The van der Waals surface area contributed by atoms with Crippen LogP contribution < -0.4 is 5.32 Å². The summed E-state index contributed by atoms with van der Waals surface area (Å²) in [5.74, 6) is 0.260. The van der Waals surface area contributed by atoms with Crippen LogP contribution in [0, 0.1) is 5.92 Å². The molecule has 1 aromatic heterocycles. The van der Waals surface area contributed by atoms with Crippen LogP contribution >= 0.6 is 0 Å². The highest BCUT2D eigenvalue weighted by atomic mass is 16.2. The number of benzene rings is 2. The number of amides is 2. The first kappa shape index (κ1) is 18.2. The zero-order valence-electron chi connectivity index (χ0n) is 15.9. The SMILES string of the molecule is CC1CCCN(C(=O)c2cccc(C(=O)Nc3cccc4cccnc34)c2)C1. The van der Waals surface area contributed by atoms with Crippen LogP contribution in [-0.4, -0.2) is 34.8 Å². The first-order valence-electron chi connectivity index (χ1n) is 9.66. The summed E-state index contributed by atoms with van der Waals surface area (Å²) in [4.78, 5) is 31.9. The van der Waals surface area contributed by atoms with E-state index in [1.54, 1.807) is 30.5 Å². The predicted octanol–water partition coefficient (Wildman–Crippen LogP) is 4.36. The lowest BCUT2D eigenvalue weighted by atomic mass is 9.99. The van der Waals surface area contributed by atoms with Crippen molar-refractivity contribution < 1.29 is 9.59 Å². The van der Waals surface area contributed by atoms with E-state index in [1.165, 1.54) is 0 Å². The Balaban J connectivity index is 1.55. The number of carbonyl (C=O) groups excluding carboxylic acids is 2. The second-order valence-corrected chi connectivity index (χ2v) is 7.41. The third-order valence-corrected chi connectivity index (χ3v) is 5.20. The number of likely N-dealkylation sites (tertiary alicyclic amines) is 1. The van der Waals surface area contributed by atoms with E-state index in [0.717, 1.165) is 36.8 Å². The van der Waals surface area contributed by atoms with E-state index in [2.05, 4.69) is 17.2 Å². The Morgan fingerprint density at radius 1 is 1.07 bits per heavy atom. The van der Waals surface area contributed by atoms with Gasteiger partial charge in [-0.3, -0.25) is 14.6 Å². The van der Waals surface area contributed by atoms with E-state index >= 15 is 0 Å². The highest BCUT2D eigenvalue weighted by Crippen LogP contribution is 2.22. The van der Waals surface area contributed by atoms with Gasteiger partial charge in [-0.1, -0.05) is 31.2 Å². The number of rotatable bonds is 3. The standard InChI is InChI=1S/C23H23N3O2/c1-16-6-5-13-26(15-16)23(28)19-9-2-8-18(14-19)22(27)25-20-11-3-7-17-10-4-12-24-21(17)20/h2-4,7-12,14,16H,5-6,13,15H2,1H3,(H,25,27). The summed E-state index contributed by atoms with van der Waals surface area (Å²) in [6.07, 6.45) is 3.89. The van der Waals surface area contributed by atoms with Gasteiger partial charge in [0.25, 0.3) is 11.8 Å². The zero-order valence-corrected chi connectivity index (χ0v) is 15.9. The number of para-hydroxylation sites is 1. The second-order valence-electron chi connectivity index (χ2n) is 7.41. The van der Waals surface area contributed by atoms with Gasteiger partial charge in [-0.2, -0.15) is 0 Å². The Morgan fingerprint density at radius 2 is 1.86 bits per heavy atom. The van der Waals surface area contributed by atoms with Crippen molar-refractivity contribution in [1.82, 2.24) is 9.88 Å². The van der Waals surface area contributed by atoms with E-state index in [4.69, 9.17) is 0 Å². The smallest absolute Gasteiger partial charge is 0.255 e. The van der Waals surface area contributed by atoms with Gasteiger partial charge in [-0.25, -0.2) is 0 Å². The minimum Gasteiger partial charge on any atom is -0.338 e. The lowest BCUT2D eigenvalue weighted by molar-refractivity contribution is 0.0683. The maximum absolute atomic E-state index is 12.8. The van der Waals surface area contributed by atoms with Gasteiger partial charge in [0.1, 0.15) is 0 Å². The highest BCUT2D eigenvalue weighted by molar-refractivity contribution is 6.09. The lowest BCUT2D eigenvalue weighted by Crippen LogP contribution is -2.39. The third kappa shape index (κ3) is 3.74. The van der Waals surface area contributed by atoms with Gasteiger partial charge in [0.05, 0.1) is 11.2 Å². The van der Waals surface area contributed by atoms with E-state index < -0.39 is 0 Å². The zero-order chi connectivity index (χ0) is 19.5. The Labute approximate surface area is 164 Å². The van der Waals surface area contributed by atoms with Crippen LogP contribution in [0.15, 0.2) is 60.8 Å². The summed E-state index contributed by atoms with van der Waals surface area (Å²) >= 11 is 0. The van der Waals surface area contributed by atoms with E-state index in [0.29, 0.717) is 22.7 Å². The topological polar surface area (TPSA) is 62.3 Å². The minimum atomic E-state index is -0.250. The molecule has 1 aliphatic heterocycles. The Bertz CT molecular complexity index is 1030. The monoisotopic (exact) mass is 373 g/mol. The van der Waals surface area contributed by atoms with Crippen molar-refractivity contribution in [3.63, 3.8) is 0 Å². The fourth-order valence-corrected chi connectivity index (χ4v) is 3.75. The molecule has 1 atom stereocenters. The number of pyridine rings is 1.